The van der Waals surface area contributed by atoms with Crippen molar-refractivity contribution in [2.45, 2.75) is 0 Å². The smallest absolute Gasteiger partial charge is 0.260 e. The van der Waals surface area contributed by atoms with Gasteiger partial charge >= 0.3 is 0 Å². The largest absolute Gasteiger partial charge is 0.409 e. The van der Waals surface area contributed by atoms with E-state index in [0.29, 0.717) is 11.3 Å². The molecule has 0 bridgehead atoms. The lowest BCUT2D eigenvalue weighted by Crippen LogP contribution is -2.15. The van der Waals surface area contributed by atoms with Gasteiger partial charge in [0.2, 0.25) is 0 Å². The third-order valence-corrected chi connectivity index (χ3v) is 3.05. The van der Waals surface area contributed by atoms with Crippen LogP contribution in [-0.2, 0) is 0 Å². The molecule has 0 saturated carbocycles. The number of hydrogen-bond acceptors (Lipinski definition) is 3. The summed E-state index contributed by atoms with van der Waals surface area (Å²) in [6.07, 6.45) is 0. The van der Waals surface area contributed by atoms with Gasteiger partial charge in [0.1, 0.15) is 5.82 Å². The fourth-order valence-electron chi connectivity index (χ4n) is 1.69. The molecule has 21 heavy (non-hydrogen) atoms. The number of amidine groups is 1. The summed E-state index contributed by atoms with van der Waals surface area (Å²) in [5.74, 6) is -1.41. The number of benzene rings is 2. The number of rotatable bonds is 3. The van der Waals surface area contributed by atoms with Crippen molar-refractivity contribution in [1.82, 2.24) is 0 Å². The average Bonchev–Trinajstić information content (AvgIpc) is 2.47. The highest BCUT2D eigenvalue weighted by Crippen LogP contribution is 2.20. The van der Waals surface area contributed by atoms with Crippen molar-refractivity contribution in [3.05, 3.63) is 64.4 Å². The van der Waals surface area contributed by atoms with E-state index in [1.54, 1.807) is 24.3 Å². The number of carbonyl (C=O) groups is 1. The van der Waals surface area contributed by atoms with E-state index < -0.39 is 11.7 Å². The molecule has 2 aromatic rings. The van der Waals surface area contributed by atoms with E-state index in [4.69, 9.17) is 22.5 Å². The minimum Gasteiger partial charge on any atom is -0.409 e. The van der Waals surface area contributed by atoms with Gasteiger partial charge in [0, 0.05) is 11.3 Å². The normalized spacial score (nSPS) is 11.2. The van der Waals surface area contributed by atoms with E-state index in [1.807, 2.05) is 0 Å². The zero-order valence-electron chi connectivity index (χ0n) is 10.7. The molecule has 0 aromatic heterocycles. The Morgan fingerprint density at radius 3 is 2.48 bits per heavy atom. The van der Waals surface area contributed by atoms with Gasteiger partial charge in [-0.15, -0.1) is 0 Å². The summed E-state index contributed by atoms with van der Waals surface area (Å²) in [4.78, 5) is 12.0. The first-order valence-electron chi connectivity index (χ1n) is 5.86. The number of nitrogens with zero attached hydrogens (tertiary/aromatic N) is 1. The van der Waals surface area contributed by atoms with Gasteiger partial charge in [-0.1, -0.05) is 22.8 Å². The van der Waals surface area contributed by atoms with E-state index in [9.17, 15) is 9.18 Å². The highest BCUT2D eigenvalue weighted by atomic mass is 35.5. The number of anilines is 1. The van der Waals surface area contributed by atoms with Gasteiger partial charge in [-0.2, -0.15) is 0 Å². The molecule has 0 aliphatic rings. The van der Waals surface area contributed by atoms with Crippen LogP contribution in [0.4, 0.5) is 10.1 Å². The second-order valence-electron chi connectivity index (χ2n) is 4.11. The van der Waals surface area contributed by atoms with E-state index in [-0.39, 0.29) is 16.4 Å². The van der Waals surface area contributed by atoms with Crippen molar-refractivity contribution in [2.75, 3.05) is 5.32 Å². The molecule has 2 aromatic carbocycles. The summed E-state index contributed by atoms with van der Waals surface area (Å²) in [6, 6.07) is 10.2. The van der Waals surface area contributed by atoms with Crippen LogP contribution in [0.25, 0.3) is 0 Å². The second-order valence-corrected chi connectivity index (χ2v) is 4.52. The molecule has 0 aliphatic carbocycles. The molecule has 0 saturated heterocycles. The average molecular weight is 308 g/mol. The molecule has 5 nitrogen and oxygen atoms in total. The molecule has 4 N–H and O–H groups in total. The third kappa shape index (κ3) is 3.29. The van der Waals surface area contributed by atoms with Crippen LogP contribution in [0.1, 0.15) is 15.9 Å². The monoisotopic (exact) mass is 307 g/mol. The molecule has 7 heteroatoms. The molecule has 0 heterocycles. The summed E-state index contributed by atoms with van der Waals surface area (Å²) in [6.45, 7) is 0. The van der Waals surface area contributed by atoms with Crippen LogP contribution in [0.2, 0.25) is 5.02 Å². The first-order chi connectivity index (χ1) is 10.0. The molecule has 2 rings (SSSR count). The lowest BCUT2D eigenvalue weighted by atomic mass is 10.1. The number of hydrogen-bond donors (Lipinski definition) is 3. The summed E-state index contributed by atoms with van der Waals surface area (Å²) >= 11 is 5.82. The molecule has 0 unspecified atom stereocenters. The highest BCUT2D eigenvalue weighted by Gasteiger charge is 2.15. The first kappa shape index (κ1) is 14.8. The summed E-state index contributed by atoms with van der Waals surface area (Å²) in [5, 5.41) is 14.0. The van der Waals surface area contributed by atoms with E-state index in [0.717, 1.165) is 6.07 Å². The van der Waals surface area contributed by atoms with Crippen LogP contribution >= 0.6 is 11.6 Å². The lowest BCUT2D eigenvalue weighted by Gasteiger charge is -2.08. The zero-order valence-corrected chi connectivity index (χ0v) is 11.4. The number of amides is 1. The Morgan fingerprint density at radius 2 is 1.90 bits per heavy atom. The molecule has 0 spiro atoms. The Morgan fingerprint density at radius 1 is 1.24 bits per heavy atom. The Bertz CT molecular complexity index is 682. The summed E-state index contributed by atoms with van der Waals surface area (Å²) < 4.78 is 13.6. The van der Waals surface area contributed by atoms with Gasteiger partial charge in [-0.3, -0.25) is 4.79 Å². The third-order valence-electron chi connectivity index (χ3n) is 2.74. The minimum absolute atomic E-state index is 0.0285. The van der Waals surface area contributed by atoms with Gasteiger partial charge in [0.05, 0.1) is 10.6 Å². The van der Waals surface area contributed by atoms with Crippen LogP contribution in [0, 0.1) is 5.82 Å². The maximum absolute atomic E-state index is 13.6. The molecule has 1 amide bonds. The van der Waals surface area contributed by atoms with Crippen molar-refractivity contribution < 1.29 is 14.4 Å². The number of carbonyl (C=O) groups excluding carboxylic acids is 1. The summed E-state index contributed by atoms with van der Waals surface area (Å²) in [5.41, 5.74) is 6.11. The SMILES string of the molecule is N/C(=N/O)c1ccc(NC(=O)c2c(F)cccc2Cl)cc1. The molecular formula is C14H11ClFN3O2. The van der Waals surface area contributed by atoms with Crippen LogP contribution in [0.5, 0.6) is 0 Å². The number of nitrogens with two attached hydrogens (primary N) is 1. The fourth-order valence-corrected chi connectivity index (χ4v) is 1.94. The van der Waals surface area contributed by atoms with Crippen molar-refractivity contribution in [3.63, 3.8) is 0 Å². The first-order valence-corrected chi connectivity index (χ1v) is 6.24. The molecule has 0 fully saturated rings. The molecule has 108 valence electrons. The number of oxime groups is 1. The van der Waals surface area contributed by atoms with Gasteiger partial charge in [-0.25, -0.2) is 4.39 Å². The predicted molar refractivity (Wildman–Crippen MR) is 78.3 cm³/mol. The minimum atomic E-state index is -0.701. The van der Waals surface area contributed by atoms with E-state index >= 15 is 0 Å². The Hall–Kier alpha value is -2.60. The van der Waals surface area contributed by atoms with Crippen LogP contribution < -0.4 is 11.1 Å². The summed E-state index contributed by atoms with van der Waals surface area (Å²) in [7, 11) is 0. The van der Waals surface area contributed by atoms with Gasteiger partial charge in [0.15, 0.2) is 5.84 Å². The van der Waals surface area contributed by atoms with E-state index in [1.165, 1.54) is 12.1 Å². The van der Waals surface area contributed by atoms with Crippen LogP contribution in [-0.4, -0.2) is 17.0 Å². The molecule has 0 radical (unpaired) electrons. The Balaban J connectivity index is 2.20. The zero-order chi connectivity index (χ0) is 15.4. The fraction of sp³-hybridized carbons (Fsp3) is 0. The highest BCUT2D eigenvalue weighted by molar-refractivity contribution is 6.34. The maximum atomic E-state index is 13.6. The molecule has 0 aliphatic heterocycles. The standard InChI is InChI=1S/C14H11ClFN3O2/c15-10-2-1-3-11(16)12(10)14(20)18-9-6-4-8(5-7-9)13(17)19-21/h1-7,21H,(H2,17,19)(H,18,20). The predicted octanol–water partition coefficient (Wildman–Crippen LogP) is 2.83. The number of nitrogens with one attached hydrogen (secondary N) is 1. The lowest BCUT2D eigenvalue weighted by molar-refractivity contribution is 0.102. The topological polar surface area (TPSA) is 87.7 Å². The van der Waals surface area contributed by atoms with E-state index in [2.05, 4.69) is 10.5 Å². The molecule has 0 atom stereocenters. The molecular weight excluding hydrogens is 297 g/mol. The maximum Gasteiger partial charge on any atom is 0.260 e. The van der Waals surface area contributed by atoms with Crippen molar-refractivity contribution in [3.8, 4) is 0 Å². The van der Waals surface area contributed by atoms with Crippen molar-refractivity contribution in [1.29, 1.82) is 0 Å². The Labute approximate surface area is 124 Å². The van der Waals surface area contributed by atoms with Crippen molar-refractivity contribution in [2.24, 2.45) is 10.9 Å². The number of halogens is 2. The quantitative estimate of drug-likeness (QED) is 0.352. The van der Waals surface area contributed by atoms with Crippen LogP contribution in [0.3, 0.4) is 0 Å². The Kier molecular flexibility index (Phi) is 4.39. The second kappa shape index (κ2) is 6.23. The van der Waals surface area contributed by atoms with Gasteiger partial charge in [-0.05, 0) is 36.4 Å². The van der Waals surface area contributed by atoms with Crippen LogP contribution in [0.15, 0.2) is 47.6 Å². The van der Waals surface area contributed by atoms with Crippen molar-refractivity contribution >= 4 is 29.0 Å². The van der Waals surface area contributed by atoms with Gasteiger partial charge < -0.3 is 16.3 Å². The van der Waals surface area contributed by atoms with Gasteiger partial charge in [0.25, 0.3) is 5.91 Å².